The molecule has 1 rings (SSSR count). The second kappa shape index (κ2) is 7.21. The number of carboxylic acid groups (broad SMARTS) is 1. The van der Waals surface area contributed by atoms with E-state index in [0.29, 0.717) is 0 Å². The van der Waals surface area contributed by atoms with Crippen LogP contribution in [0.4, 0.5) is 0 Å². The number of carboxylic acids is 1. The van der Waals surface area contributed by atoms with Crippen molar-refractivity contribution in [1.82, 2.24) is 0 Å². The minimum Gasteiger partial charge on any atom is -0.546 e. The van der Waals surface area contributed by atoms with Crippen LogP contribution in [-0.4, -0.2) is 12.6 Å². The Hall–Kier alpha value is 0.537. The first-order chi connectivity index (χ1) is 7.36. The van der Waals surface area contributed by atoms with Crippen LogP contribution in [0.15, 0.2) is 0 Å². The summed E-state index contributed by atoms with van der Waals surface area (Å²) in [4.78, 5) is 10.2. The Morgan fingerprint density at radius 2 is 1.29 bits per heavy atom. The normalized spacial score (nSPS) is 9.71. The van der Waals surface area contributed by atoms with Crippen molar-refractivity contribution in [2.24, 2.45) is 0 Å². The molecule has 0 spiro atoms. The molecule has 0 bridgehead atoms. The van der Waals surface area contributed by atoms with Crippen LogP contribution in [0, 0.1) is 0 Å². The van der Waals surface area contributed by atoms with E-state index in [-0.39, 0.29) is 49.7 Å². The topological polar surface area (TPSA) is 49.4 Å². The number of hydrogen-bond donors (Lipinski definition) is 0. The zero-order chi connectivity index (χ0) is 12.5. The first-order valence-electron chi connectivity index (χ1n) is 3.70. The zero-order valence-electron chi connectivity index (χ0n) is 8.32. The van der Waals surface area contributed by atoms with E-state index < -0.39 is 12.6 Å². The summed E-state index contributed by atoms with van der Waals surface area (Å²) in [6.07, 6.45) is 0. The maximum atomic E-state index is 10.2. The molecule has 17 heavy (non-hydrogen) atoms. The Bertz CT molecular complexity index is 422. The summed E-state index contributed by atoms with van der Waals surface area (Å²) in [5, 5.41) is 9.84. The van der Waals surface area contributed by atoms with Gasteiger partial charge in [0.2, 0.25) is 0 Å². The molecule has 0 saturated heterocycles. The minimum absolute atomic E-state index is 0. The van der Waals surface area contributed by atoms with Crippen LogP contribution in [0.3, 0.4) is 0 Å². The Morgan fingerprint density at radius 3 is 1.65 bits per heavy atom. The first-order valence-corrected chi connectivity index (χ1v) is 5.59. The number of halogens is 5. The molecule has 0 unspecified atom stereocenters. The molecule has 1 aromatic rings. The number of ether oxygens (including phenoxy) is 1. The summed E-state index contributed by atoms with van der Waals surface area (Å²) in [6.45, 7) is -0.728. The third kappa shape index (κ3) is 4.01. The van der Waals surface area contributed by atoms with Gasteiger partial charge >= 0.3 is 18.9 Å². The van der Waals surface area contributed by atoms with Crippen LogP contribution in [0.25, 0.3) is 0 Å². The molecule has 0 aliphatic rings. The molecule has 0 aromatic heterocycles. The fraction of sp³-hybridized carbons (Fsp3) is 0.125. The van der Waals surface area contributed by atoms with E-state index in [0.717, 1.165) is 0 Å². The van der Waals surface area contributed by atoms with Gasteiger partial charge < -0.3 is 14.6 Å². The van der Waals surface area contributed by atoms with Crippen LogP contribution in [0.2, 0.25) is 25.1 Å². The van der Waals surface area contributed by atoms with Gasteiger partial charge in [-0.15, -0.1) is 0 Å². The molecule has 0 fully saturated rings. The van der Waals surface area contributed by atoms with Gasteiger partial charge in [0.15, 0.2) is 5.75 Å². The molecule has 0 heterocycles. The van der Waals surface area contributed by atoms with Crippen LogP contribution in [0.5, 0.6) is 5.75 Å². The number of carbonyl (C=O) groups is 1. The number of hydrogen-bond acceptors (Lipinski definition) is 3. The summed E-state index contributed by atoms with van der Waals surface area (Å²) in [5.41, 5.74) is 0. The molecule has 0 aliphatic carbocycles. The van der Waals surface area contributed by atoms with Crippen molar-refractivity contribution in [1.29, 1.82) is 0 Å². The van der Waals surface area contributed by atoms with Gasteiger partial charge in [-0.1, -0.05) is 58.0 Å². The molecule has 1 aromatic carbocycles. The van der Waals surface area contributed by atoms with Crippen LogP contribution < -0.4 is 28.7 Å². The van der Waals surface area contributed by atoms with Crippen molar-refractivity contribution in [3.8, 4) is 5.75 Å². The standard InChI is InChI=1S/C8H3Cl5O3.Li/c9-3-4(10)6(12)8(7(13)5(3)11)16-1-2(14)15;/h1H2,(H,14,15);/q;+1/p-1. The van der Waals surface area contributed by atoms with Crippen molar-refractivity contribution in [2.75, 3.05) is 6.61 Å². The van der Waals surface area contributed by atoms with E-state index >= 15 is 0 Å². The van der Waals surface area contributed by atoms with Crippen LogP contribution in [0.1, 0.15) is 0 Å². The zero-order valence-corrected chi connectivity index (χ0v) is 12.1. The van der Waals surface area contributed by atoms with Crippen LogP contribution >= 0.6 is 58.0 Å². The molecule has 88 valence electrons. The Balaban J connectivity index is 0.00000256. The average molecular weight is 330 g/mol. The maximum absolute atomic E-state index is 10.2. The van der Waals surface area contributed by atoms with Crippen molar-refractivity contribution in [2.45, 2.75) is 0 Å². The Morgan fingerprint density at radius 1 is 0.941 bits per heavy atom. The molecular weight excluding hydrogens is 328 g/mol. The SMILES string of the molecule is O=C([O-])COc1c(Cl)c(Cl)c(Cl)c(Cl)c1Cl.[Li+]. The second-order valence-electron chi connectivity index (χ2n) is 2.56. The Kier molecular flexibility index (Phi) is 7.43. The van der Waals surface area contributed by atoms with Gasteiger partial charge in [0.05, 0.1) is 21.0 Å². The van der Waals surface area contributed by atoms with Crippen molar-refractivity contribution in [3.63, 3.8) is 0 Å². The van der Waals surface area contributed by atoms with Gasteiger partial charge in [-0.3, -0.25) is 0 Å². The molecule has 0 atom stereocenters. The maximum Gasteiger partial charge on any atom is 1.00 e. The molecule has 0 saturated carbocycles. The quantitative estimate of drug-likeness (QED) is 0.448. The number of benzene rings is 1. The predicted molar refractivity (Wildman–Crippen MR) is 62.0 cm³/mol. The molecular formula is C8H2Cl5LiO3. The fourth-order valence-electron chi connectivity index (χ4n) is 0.843. The third-order valence-electron chi connectivity index (χ3n) is 1.50. The van der Waals surface area contributed by atoms with E-state index in [9.17, 15) is 9.90 Å². The molecule has 0 radical (unpaired) electrons. The average Bonchev–Trinajstić information content (AvgIpc) is 2.23. The largest absolute Gasteiger partial charge is 1.00 e. The fourth-order valence-corrected chi connectivity index (χ4v) is 2.07. The molecule has 0 N–H and O–H groups in total. The molecule has 0 amide bonds. The first kappa shape index (κ1) is 17.5. The van der Waals surface area contributed by atoms with E-state index in [1.54, 1.807) is 0 Å². The van der Waals surface area contributed by atoms with Crippen molar-refractivity contribution in [3.05, 3.63) is 25.1 Å². The van der Waals surface area contributed by atoms with E-state index in [1.807, 2.05) is 0 Å². The predicted octanol–water partition coefficient (Wildman–Crippen LogP) is 0.0863. The molecule has 3 nitrogen and oxygen atoms in total. The monoisotopic (exact) mass is 328 g/mol. The smallest absolute Gasteiger partial charge is 0.546 e. The molecule has 0 aliphatic heterocycles. The van der Waals surface area contributed by atoms with E-state index in [1.165, 1.54) is 0 Å². The summed E-state index contributed by atoms with van der Waals surface area (Å²) in [5.74, 6) is -1.58. The van der Waals surface area contributed by atoms with Gasteiger partial charge in [0.1, 0.15) is 16.7 Å². The van der Waals surface area contributed by atoms with E-state index in [4.69, 9.17) is 62.7 Å². The van der Waals surface area contributed by atoms with Crippen molar-refractivity contribution >= 4 is 64.0 Å². The summed E-state index contributed by atoms with van der Waals surface area (Å²) >= 11 is 28.7. The molecule has 9 heteroatoms. The van der Waals surface area contributed by atoms with Gasteiger partial charge in [0, 0.05) is 0 Å². The van der Waals surface area contributed by atoms with Gasteiger partial charge in [0.25, 0.3) is 0 Å². The van der Waals surface area contributed by atoms with Gasteiger partial charge in [-0.05, 0) is 0 Å². The second-order valence-corrected chi connectivity index (χ2v) is 4.45. The summed E-state index contributed by atoms with van der Waals surface area (Å²) < 4.78 is 4.79. The number of aliphatic carboxylic acids is 1. The van der Waals surface area contributed by atoms with E-state index in [2.05, 4.69) is 0 Å². The summed E-state index contributed by atoms with van der Waals surface area (Å²) in [7, 11) is 0. The van der Waals surface area contributed by atoms with Gasteiger partial charge in [-0.25, -0.2) is 0 Å². The third-order valence-corrected chi connectivity index (χ3v) is 3.75. The number of carbonyl (C=O) groups excluding carboxylic acids is 1. The number of rotatable bonds is 3. The van der Waals surface area contributed by atoms with Crippen LogP contribution in [-0.2, 0) is 4.79 Å². The Labute approximate surface area is 134 Å². The summed E-state index contributed by atoms with van der Waals surface area (Å²) in [6, 6.07) is 0. The minimum atomic E-state index is -1.44. The van der Waals surface area contributed by atoms with Crippen molar-refractivity contribution < 1.29 is 33.5 Å². The van der Waals surface area contributed by atoms with Gasteiger partial charge in [-0.2, -0.15) is 0 Å².